The molecule has 0 aliphatic carbocycles. The van der Waals surface area contributed by atoms with Crippen LogP contribution in [-0.4, -0.2) is 42.0 Å². The highest BCUT2D eigenvalue weighted by Gasteiger charge is 2.23. The quantitative estimate of drug-likeness (QED) is 0.833. The lowest BCUT2D eigenvalue weighted by molar-refractivity contribution is 0.0940. The molecule has 0 spiro atoms. The average Bonchev–Trinajstić information content (AvgIpc) is 2.77. The molecule has 92 valence electrons. The molecule has 1 fully saturated rings. The van der Waals surface area contributed by atoms with Crippen LogP contribution in [0.3, 0.4) is 0 Å². The third kappa shape index (κ3) is 3.28. The van der Waals surface area contributed by atoms with Gasteiger partial charge in [0.15, 0.2) is 5.78 Å². The maximum atomic E-state index is 12.0. The molecule has 0 bridgehead atoms. The van der Waals surface area contributed by atoms with Gasteiger partial charge < -0.3 is 5.11 Å². The summed E-state index contributed by atoms with van der Waals surface area (Å²) in [5.74, 6) is 0.438. The highest BCUT2D eigenvalue weighted by Crippen LogP contribution is 2.16. The van der Waals surface area contributed by atoms with Gasteiger partial charge in [0, 0.05) is 23.7 Å². The van der Waals surface area contributed by atoms with Crippen molar-refractivity contribution in [1.82, 2.24) is 4.90 Å². The summed E-state index contributed by atoms with van der Waals surface area (Å²) < 4.78 is 0. The highest BCUT2D eigenvalue weighted by molar-refractivity contribution is 6.30. The second-order valence-electron chi connectivity index (χ2n) is 4.50. The van der Waals surface area contributed by atoms with Crippen LogP contribution >= 0.6 is 11.6 Å². The molecule has 0 radical (unpaired) electrons. The van der Waals surface area contributed by atoms with Gasteiger partial charge >= 0.3 is 0 Å². The minimum atomic E-state index is 0.111. The van der Waals surface area contributed by atoms with Gasteiger partial charge in [-0.3, -0.25) is 9.69 Å². The van der Waals surface area contributed by atoms with Crippen LogP contribution < -0.4 is 0 Å². The van der Waals surface area contributed by atoms with Gasteiger partial charge in [-0.05, 0) is 43.1 Å². The Morgan fingerprint density at radius 1 is 1.41 bits per heavy atom. The van der Waals surface area contributed by atoms with Crippen molar-refractivity contribution in [2.45, 2.75) is 6.42 Å². The summed E-state index contributed by atoms with van der Waals surface area (Å²) in [6.45, 7) is 2.35. The first-order valence-electron chi connectivity index (χ1n) is 5.81. The molecule has 0 unspecified atom stereocenters. The van der Waals surface area contributed by atoms with Crippen LogP contribution in [0.25, 0.3) is 0 Å². The molecular formula is C13H16ClNO2. The van der Waals surface area contributed by atoms with Crippen molar-refractivity contribution in [3.63, 3.8) is 0 Å². The SMILES string of the molecule is O=C(CN1CC[C@H](CO)C1)c1ccc(Cl)cc1. The number of ketones is 1. The van der Waals surface area contributed by atoms with Gasteiger partial charge in [0.2, 0.25) is 0 Å². The number of rotatable bonds is 4. The molecule has 4 heteroatoms. The number of hydrogen-bond donors (Lipinski definition) is 1. The summed E-state index contributed by atoms with van der Waals surface area (Å²) >= 11 is 5.78. The summed E-state index contributed by atoms with van der Waals surface area (Å²) in [6.07, 6.45) is 0.977. The van der Waals surface area contributed by atoms with Crippen LogP contribution in [-0.2, 0) is 0 Å². The smallest absolute Gasteiger partial charge is 0.176 e. The van der Waals surface area contributed by atoms with E-state index in [9.17, 15) is 4.79 Å². The molecule has 17 heavy (non-hydrogen) atoms. The van der Waals surface area contributed by atoms with Crippen LogP contribution in [0.15, 0.2) is 24.3 Å². The molecule has 0 saturated carbocycles. The predicted octanol–water partition coefficient (Wildman–Crippen LogP) is 1.84. The number of carbonyl (C=O) groups is 1. The van der Waals surface area contributed by atoms with Crippen molar-refractivity contribution < 1.29 is 9.90 Å². The number of benzene rings is 1. The molecule has 2 rings (SSSR count). The molecule has 1 aliphatic rings. The number of aliphatic hydroxyl groups excluding tert-OH is 1. The third-order valence-electron chi connectivity index (χ3n) is 3.16. The van der Waals surface area contributed by atoms with Gasteiger partial charge in [-0.15, -0.1) is 0 Å². The lowest BCUT2D eigenvalue weighted by Gasteiger charge is -2.14. The van der Waals surface area contributed by atoms with Crippen molar-refractivity contribution in [3.05, 3.63) is 34.9 Å². The van der Waals surface area contributed by atoms with Crippen LogP contribution in [0.5, 0.6) is 0 Å². The van der Waals surface area contributed by atoms with E-state index in [1.54, 1.807) is 24.3 Å². The van der Waals surface area contributed by atoms with Crippen molar-refractivity contribution in [2.24, 2.45) is 5.92 Å². The monoisotopic (exact) mass is 253 g/mol. The fraction of sp³-hybridized carbons (Fsp3) is 0.462. The van der Waals surface area contributed by atoms with Crippen molar-refractivity contribution in [2.75, 3.05) is 26.2 Å². The van der Waals surface area contributed by atoms with Gasteiger partial charge in [-0.2, -0.15) is 0 Å². The van der Waals surface area contributed by atoms with Gasteiger partial charge in [0.05, 0.1) is 6.54 Å². The number of aliphatic hydroxyl groups is 1. The molecule has 1 aromatic carbocycles. The van der Waals surface area contributed by atoms with Crippen molar-refractivity contribution in [1.29, 1.82) is 0 Å². The minimum Gasteiger partial charge on any atom is -0.396 e. The highest BCUT2D eigenvalue weighted by atomic mass is 35.5. The third-order valence-corrected chi connectivity index (χ3v) is 3.41. The van der Waals surface area contributed by atoms with E-state index >= 15 is 0 Å². The van der Waals surface area contributed by atoms with Gasteiger partial charge in [-0.1, -0.05) is 11.6 Å². The Kier molecular flexibility index (Phi) is 4.15. The van der Waals surface area contributed by atoms with E-state index in [2.05, 4.69) is 4.90 Å². The molecular weight excluding hydrogens is 238 g/mol. The Bertz CT molecular complexity index is 391. The maximum absolute atomic E-state index is 12.0. The Labute approximate surface area is 106 Å². The van der Waals surface area contributed by atoms with E-state index in [0.29, 0.717) is 23.0 Å². The summed E-state index contributed by atoms with van der Waals surface area (Å²) in [5.41, 5.74) is 0.696. The number of likely N-dealkylation sites (tertiary alicyclic amines) is 1. The molecule has 1 saturated heterocycles. The van der Waals surface area contributed by atoms with E-state index in [4.69, 9.17) is 16.7 Å². The lowest BCUT2D eigenvalue weighted by Crippen LogP contribution is -2.28. The summed E-state index contributed by atoms with van der Waals surface area (Å²) in [4.78, 5) is 14.1. The van der Waals surface area contributed by atoms with Crippen LogP contribution in [0.2, 0.25) is 5.02 Å². The topological polar surface area (TPSA) is 40.5 Å². The zero-order valence-corrected chi connectivity index (χ0v) is 10.4. The second-order valence-corrected chi connectivity index (χ2v) is 4.94. The number of halogens is 1. The maximum Gasteiger partial charge on any atom is 0.176 e. The molecule has 0 aromatic heterocycles. The Morgan fingerprint density at radius 3 is 2.71 bits per heavy atom. The van der Waals surface area contributed by atoms with E-state index in [-0.39, 0.29) is 12.4 Å². The van der Waals surface area contributed by atoms with E-state index in [1.807, 2.05) is 0 Å². The number of carbonyl (C=O) groups excluding carboxylic acids is 1. The molecule has 3 nitrogen and oxygen atoms in total. The Hall–Kier alpha value is -0.900. The van der Waals surface area contributed by atoms with Crippen molar-refractivity contribution >= 4 is 17.4 Å². The first-order chi connectivity index (χ1) is 8.19. The summed E-state index contributed by atoms with van der Waals surface area (Å²) in [5, 5.41) is 9.68. The van der Waals surface area contributed by atoms with Gasteiger partial charge in [0.25, 0.3) is 0 Å². The van der Waals surface area contributed by atoms with E-state index < -0.39 is 0 Å². The van der Waals surface area contributed by atoms with Crippen molar-refractivity contribution in [3.8, 4) is 0 Å². The zero-order valence-electron chi connectivity index (χ0n) is 9.60. The molecule has 1 atom stereocenters. The van der Waals surface area contributed by atoms with Gasteiger partial charge in [0.1, 0.15) is 0 Å². The zero-order chi connectivity index (χ0) is 12.3. The fourth-order valence-electron chi connectivity index (χ4n) is 2.14. The summed E-state index contributed by atoms with van der Waals surface area (Å²) in [7, 11) is 0. The van der Waals surface area contributed by atoms with Gasteiger partial charge in [-0.25, -0.2) is 0 Å². The lowest BCUT2D eigenvalue weighted by atomic mass is 10.1. The first-order valence-corrected chi connectivity index (χ1v) is 6.19. The fourth-order valence-corrected chi connectivity index (χ4v) is 2.26. The van der Waals surface area contributed by atoms with Crippen LogP contribution in [0.1, 0.15) is 16.8 Å². The molecule has 1 N–H and O–H groups in total. The standard InChI is InChI=1S/C13H16ClNO2/c14-12-3-1-11(2-4-12)13(17)8-15-6-5-10(7-15)9-16/h1-4,10,16H,5-9H2/t10-/m0/s1. The predicted molar refractivity (Wildman–Crippen MR) is 67.4 cm³/mol. The molecule has 0 amide bonds. The van der Waals surface area contributed by atoms with E-state index in [0.717, 1.165) is 19.5 Å². The van der Waals surface area contributed by atoms with Crippen LogP contribution in [0, 0.1) is 5.92 Å². The van der Waals surface area contributed by atoms with Crippen LogP contribution in [0.4, 0.5) is 0 Å². The molecule has 1 heterocycles. The Morgan fingerprint density at radius 2 is 2.12 bits per heavy atom. The largest absolute Gasteiger partial charge is 0.396 e. The minimum absolute atomic E-state index is 0.111. The number of hydrogen-bond acceptors (Lipinski definition) is 3. The normalized spacial score (nSPS) is 20.7. The second kappa shape index (κ2) is 5.63. The summed E-state index contributed by atoms with van der Waals surface area (Å²) in [6, 6.07) is 6.97. The molecule has 1 aliphatic heterocycles. The first kappa shape index (κ1) is 12.6. The van der Waals surface area contributed by atoms with E-state index in [1.165, 1.54) is 0 Å². The molecule has 1 aromatic rings. The number of nitrogens with zero attached hydrogens (tertiary/aromatic N) is 1. The number of Topliss-reactive ketones (excluding diaryl/α,β-unsaturated/α-hetero) is 1. The average molecular weight is 254 g/mol. The Balaban J connectivity index is 1.91.